The summed E-state index contributed by atoms with van der Waals surface area (Å²) in [5.41, 5.74) is 0.994. The number of nitrogens with one attached hydrogen (secondary N) is 1. The Balaban J connectivity index is 0.00000264. The summed E-state index contributed by atoms with van der Waals surface area (Å²) >= 11 is 0. The van der Waals surface area contributed by atoms with Crippen molar-refractivity contribution in [3.05, 3.63) is 23.9 Å². The molecule has 0 aliphatic carbocycles. The first-order valence-corrected chi connectivity index (χ1v) is 7.78. The van der Waals surface area contributed by atoms with Gasteiger partial charge in [-0.3, -0.25) is 0 Å². The van der Waals surface area contributed by atoms with Crippen LogP contribution in [0.5, 0.6) is 5.88 Å². The van der Waals surface area contributed by atoms with Crippen LogP contribution in [0.15, 0.2) is 23.3 Å². The Labute approximate surface area is 155 Å². The first-order valence-electron chi connectivity index (χ1n) is 7.78. The predicted octanol–water partition coefficient (Wildman–Crippen LogP) is 2.14. The second-order valence-electron chi connectivity index (χ2n) is 5.40. The molecule has 2 rings (SSSR count). The Bertz CT molecular complexity index is 499. The van der Waals surface area contributed by atoms with Crippen molar-refractivity contribution >= 4 is 29.9 Å². The number of hydrogen-bond acceptors (Lipinski definition) is 4. The summed E-state index contributed by atoms with van der Waals surface area (Å²) in [6.45, 7) is 6.32. The highest BCUT2D eigenvalue weighted by Gasteiger charge is 2.24. The van der Waals surface area contributed by atoms with Gasteiger partial charge in [-0.15, -0.1) is 24.0 Å². The maximum absolute atomic E-state index is 5.28. The Morgan fingerprint density at radius 1 is 1.48 bits per heavy atom. The number of rotatable bonds is 6. The zero-order valence-corrected chi connectivity index (χ0v) is 16.4. The second-order valence-corrected chi connectivity index (χ2v) is 5.40. The number of hydrogen-bond donors (Lipinski definition) is 1. The fourth-order valence-electron chi connectivity index (χ4n) is 2.71. The van der Waals surface area contributed by atoms with Gasteiger partial charge in [-0.05, 0) is 19.4 Å². The Kier molecular flexibility index (Phi) is 9.23. The quantitative estimate of drug-likeness (QED) is 0.423. The van der Waals surface area contributed by atoms with E-state index in [-0.39, 0.29) is 24.0 Å². The maximum atomic E-state index is 5.28. The molecule has 130 valence electrons. The van der Waals surface area contributed by atoms with Gasteiger partial charge in [0.2, 0.25) is 5.88 Å². The molecule has 1 aromatic heterocycles. The van der Waals surface area contributed by atoms with Gasteiger partial charge in [0.05, 0.1) is 20.3 Å². The lowest BCUT2D eigenvalue weighted by molar-refractivity contribution is 0.157. The second kappa shape index (κ2) is 10.6. The van der Waals surface area contributed by atoms with E-state index in [0.29, 0.717) is 18.3 Å². The Morgan fingerprint density at radius 2 is 2.30 bits per heavy atom. The molecule has 0 spiro atoms. The molecule has 1 saturated heterocycles. The fraction of sp³-hybridized carbons (Fsp3) is 0.625. The van der Waals surface area contributed by atoms with Crippen molar-refractivity contribution in [3.63, 3.8) is 0 Å². The molecule has 1 atom stereocenters. The van der Waals surface area contributed by atoms with Crippen molar-refractivity contribution < 1.29 is 9.47 Å². The standard InChI is InChI=1S/C16H26N4O2.HI/c1-4-17-16(20-9-7-13(11-20)12-21-2)19-10-14-6-5-8-18-15(14)22-3;/h5-6,8,13H,4,7,9-12H2,1-3H3,(H,17,19);1H. The molecule has 1 aliphatic heterocycles. The number of nitrogens with zero attached hydrogens (tertiary/aromatic N) is 3. The molecule has 1 N–H and O–H groups in total. The molecule has 0 bridgehead atoms. The van der Waals surface area contributed by atoms with Crippen LogP contribution in [0.3, 0.4) is 0 Å². The number of guanidine groups is 1. The average molecular weight is 434 g/mol. The van der Waals surface area contributed by atoms with E-state index in [1.807, 2.05) is 12.1 Å². The van der Waals surface area contributed by atoms with Crippen LogP contribution in [0.25, 0.3) is 0 Å². The number of likely N-dealkylation sites (tertiary alicyclic amines) is 1. The number of halogens is 1. The number of ether oxygens (including phenoxy) is 2. The monoisotopic (exact) mass is 434 g/mol. The van der Waals surface area contributed by atoms with Gasteiger partial charge in [0.1, 0.15) is 0 Å². The molecule has 1 aliphatic rings. The molecule has 7 heteroatoms. The lowest BCUT2D eigenvalue weighted by Crippen LogP contribution is -2.40. The van der Waals surface area contributed by atoms with E-state index in [0.717, 1.165) is 44.2 Å². The molecule has 6 nitrogen and oxygen atoms in total. The molecule has 1 aromatic rings. The molecule has 1 fully saturated rings. The van der Waals surface area contributed by atoms with Gasteiger partial charge >= 0.3 is 0 Å². The number of aliphatic imine (C=N–C) groups is 1. The SMILES string of the molecule is CCNC(=NCc1cccnc1OC)N1CCC(COC)C1.I. The van der Waals surface area contributed by atoms with Crippen molar-refractivity contribution in [3.8, 4) is 5.88 Å². The van der Waals surface area contributed by atoms with E-state index in [4.69, 9.17) is 14.5 Å². The van der Waals surface area contributed by atoms with Crippen LogP contribution >= 0.6 is 24.0 Å². The van der Waals surface area contributed by atoms with Gasteiger partial charge in [0, 0.05) is 44.4 Å². The van der Waals surface area contributed by atoms with Crippen LogP contribution in [0.1, 0.15) is 18.9 Å². The molecule has 2 heterocycles. The molecule has 1 unspecified atom stereocenters. The zero-order chi connectivity index (χ0) is 15.8. The van der Waals surface area contributed by atoms with Crippen molar-refractivity contribution in [2.24, 2.45) is 10.9 Å². The summed E-state index contributed by atoms with van der Waals surface area (Å²) in [5.74, 6) is 2.18. The zero-order valence-electron chi connectivity index (χ0n) is 14.1. The summed E-state index contributed by atoms with van der Waals surface area (Å²) in [6, 6.07) is 3.90. The first-order chi connectivity index (χ1) is 10.8. The molecular formula is C16H27IN4O2. The number of methoxy groups -OCH3 is 2. The largest absolute Gasteiger partial charge is 0.481 e. The molecule has 0 aromatic carbocycles. The van der Waals surface area contributed by atoms with Gasteiger partial charge in [0.25, 0.3) is 0 Å². The lowest BCUT2D eigenvalue weighted by Gasteiger charge is -2.21. The molecule has 0 radical (unpaired) electrons. The molecule has 0 saturated carbocycles. The van der Waals surface area contributed by atoms with Crippen LogP contribution in [-0.2, 0) is 11.3 Å². The molecule has 0 amide bonds. The third-order valence-corrected chi connectivity index (χ3v) is 3.77. The Hall–Kier alpha value is -1.09. The summed E-state index contributed by atoms with van der Waals surface area (Å²) in [4.78, 5) is 11.3. The van der Waals surface area contributed by atoms with Crippen LogP contribution in [0.4, 0.5) is 0 Å². The van der Waals surface area contributed by atoms with Crippen molar-refractivity contribution in [2.45, 2.75) is 19.9 Å². The van der Waals surface area contributed by atoms with E-state index in [1.165, 1.54) is 0 Å². The van der Waals surface area contributed by atoms with Crippen molar-refractivity contribution in [1.82, 2.24) is 15.2 Å². The van der Waals surface area contributed by atoms with Crippen molar-refractivity contribution in [1.29, 1.82) is 0 Å². The summed E-state index contributed by atoms with van der Waals surface area (Å²) in [5, 5.41) is 3.37. The van der Waals surface area contributed by atoms with E-state index in [9.17, 15) is 0 Å². The smallest absolute Gasteiger partial charge is 0.218 e. The van der Waals surface area contributed by atoms with E-state index in [1.54, 1.807) is 20.4 Å². The van der Waals surface area contributed by atoms with Crippen LogP contribution in [-0.4, -0.2) is 56.3 Å². The number of pyridine rings is 1. The third kappa shape index (κ3) is 5.80. The highest BCUT2D eigenvalue weighted by molar-refractivity contribution is 14.0. The van der Waals surface area contributed by atoms with E-state index in [2.05, 4.69) is 22.1 Å². The third-order valence-electron chi connectivity index (χ3n) is 3.77. The maximum Gasteiger partial charge on any atom is 0.218 e. The summed E-state index contributed by atoms with van der Waals surface area (Å²) < 4.78 is 10.5. The Morgan fingerprint density at radius 3 is 3.00 bits per heavy atom. The van der Waals surface area contributed by atoms with Gasteiger partial charge in [-0.25, -0.2) is 9.98 Å². The minimum atomic E-state index is 0. The van der Waals surface area contributed by atoms with Crippen LogP contribution < -0.4 is 10.1 Å². The first kappa shape index (κ1) is 20.0. The average Bonchev–Trinajstić information content (AvgIpc) is 3.00. The van der Waals surface area contributed by atoms with Gasteiger partial charge in [-0.2, -0.15) is 0 Å². The summed E-state index contributed by atoms with van der Waals surface area (Å²) in [7, 11) is 3.40. The lowest BCUT2D eigenvalue weighted by atomic mass is 10.1. The fourth-order valence-corrected chi connectivity index (χ4v) is 2.71. The molecular weight excluding hydrogens is 407 g/mol. The van der Waals surface area contributed by atoms with Crippen molar-refractivity contribution in [2.75, 3.05) is 40.5 Å². The normalized spacial score (nSPS) is 17.8. The minimum absolute atomic E-state index is 0. The van der Waals surface area contributed by atoms with Gasteiger partial charge in [-0.1, -0.05) is 6.07 Å². The predicted molar refractivity (Wildman–Crippen MR) is 103 cm³/mol. The van der Waals surface area contributed by atoms with E-state index < -0.39 is 0 Å². The van der Waals surface area contributed by atoms with Crippen LogP contribution in [0, 0.1) is 5.92 Å². The summed E-state index contributed by atoms with van der Waals surface area (Å²) in [6.07, 6.45) is 2.88. The number of aromatic nitrogens is 1. The molecule has 23 heavy (non-hydrogen) atoms. The minimum Gasteiger partial charge on any atom is -0.481 e. The highest BCUT2D eigenvalue weighted by atomic mass is 127. The van der Waals surface area contributed by atoms with Gasteiger partial charge < -0.3 is 19.7 Å². The van der Waals surface area contributed by atoms with Crippen LogP contribution in [0.2, 0.25) is 0 Å². The topological polar surface area (TPSA) is 59.0 Å². The van der Waals surface area contributed by atoms with Gasteiger partial charge in [0.15, 0.2) is 5.96 Å². The van der Waals surface area contributed by atoms with E-state index >= 15 is 0 Å². The highest BCUT2D eigenvalue weighted by Crippen LogP contribution is 2.18.